The number of nitrogens with one attached hydrogen (secondary N) is 2. The SMILES string of the molecule is N#Cc1c(-c2ccccc2)nc(NN=Cc2ccccc2COc2ccccc2F)[nH]c1=O. The molecule has 0 atom stereocenters. The predicted octanol–water partition coefficient (Wildman–Crippen LogP) is 4.47. The highest BCUT2D eigenvalue weighted by atomic mass is 19.1. The third kappa shape index (κ3) is 5.11. The zero-order valence-corrected chi connectivity index (χ0v) is 17.3. The van der Waals surface area contributed by atoms with Crippen molar-refractivity contribution in [1.29, 1.82) is 5.26 Å². The fraction of sp³-hybridized carbons (Fsp3) is 0.0400. The number of aromatic nitrogens is 2. The number of rotatable bonds is 7. The van der Waals surface area contributed by atoms with Gasteiger partial charge in [-0.2, -0.15) is 10.4 Å². The highest BCUT2D eigenvalue weighted by Gasteiger charge is 2.13. The Labute approximate surface area is 188 Å². The topological polar surface area (TPSA) is 103 Å². The van der Waals surface area contributed by atoms with E-state index < -0.39 is 11.4 Å². The second kappa shape index (κ2) is 10.0. The highest BCUT2D eigenvalue weighted by molar-refractivity contribution is 5.82. The van der Waals surface area contributed by atoms with Crippen LogP contribution in [0.5, 0.6) is 5.75 Å². The van der Waals surface area contributed by atoms with E-state index in [1.54, 1.807) is 48.7 Å². The Morgan fingerprint density at radius 3 is 2.58 bits per heavy atom. The normalized spacial score (nSPS) is 10.7. The van der Waals surface area contributed by atoms with Gasteiger partial charge in [0, 0.05) is 11.1 Å². The summed E-state index contributed by atoms with van der Waals surface area (Å²) in [4.78, 5) is 19.2. The zero-order chi connectivity index (χ0) is 23.0. The first-order chi connectivity index (χ1) is 16.2. The van der Waals surface area contributed by atoms with E-state index in [1.165, 1.54) is 6.07 Å². The molecule has 0 saturated carbocycles. The molecular weight excluding hydrogens is 421 g/mol. The second-order valence-electron chi connectivity index (χ2n) is 6.90. The van der Waals surface area contributed by atoms with Gasteiger partial charge in [0.15, 0.2) is 11.6 Å². The van der Waals surface area contributed by atoms with E-state index in [0.717, 1.165) is 11.1 Å². The molecular formula is C25H18FN5O2. The van der Waals surface area contributed by atoms with Gasteiger partial charge < -0.3 is 4.74 Å². The average molecular weight is 439 g/mol. The molecule has 0 amide bonds. The number of ether oxygens (including phenoxy) is 1. The van der Waals surface area contributed by atoms with Gasteiger partial charge in [0.2, 0.25) is 5.95 Å². The molecule has 4 rings (SSSR count). The van der Waals surface area contributed by atoms with Gasteiger partial charge in [-0.05, 0) is 17.7 Å². The van der Waals surface area contributed by atoms with Crippen molar-refractivity contribution in [2.75, 3.05) is 5.43 Å². The smallest absolute Gasteiger partial charge is 0.270 e. The van der Waals surface area contributed by atoms with Crippen molar-refractivity contribution < 1.29 is 9.13 Å². The van der Waals surface area contributed by atoms with Gasteiger partial charge in [0.1, 0.15) is 18.2 Å². The Morgan fingerprint density at radius 2 is 1.79 bits per heavy atom. The van der Waals surface area contributed by atoms with Crippen LogP contribution in [0.15, 0.2) is 88.8 Å². The molecule has 3 aromatic carbocycles. The summed E-state index contributed by atoms with van der Waals surface area (Å²) in [6.45, 7) is 0.146. The molecule has 1 aromatic heterocycles. The lowest BCUT2D eigenvalue weighted by atomic mass is 10.1. The number of para-hydroxylation sites is 1. The van der Waals surface area contributed by atoms with Crippen LogP contribution in [-0.2, 0) is 6.61 Å². The Bertz CT molecular complexity index is 1390. The van der Waals surface area contributed by atoms with Gasteiger partial charge >= 0.3 is 0 Å². The third-order valence-corrected chi connectivity index (χ3v) is 4.73. The molecule has 0 radical (unpaired) electrons. The Morgan fingerprint density at radius 1 is 1.06 bits per heavy atom. The maximum absolute atomic E-state index is 13.8. The highest BCUT2D eigenvalue weighted by Crippen LogP contribution is 2.20. The van der Waals surface area contributed by atoms with Crippen molar-refractivity contribution in [2.45, 2.75) is 6.61 Å². The summed E-state index contributed by atoms with van der Waals surface area (Å²) in [5.41, 5.74) is 4.48. The first-order valence-corrected chi connectivity index (χ1v) is 10.00. The summed E-state index contributed by atoms with van der Waals surface area (Å²) >= 11 is 0. The molecule has 0 saturated heterocycles. The molecule has 0 fully saturated rings. The quantitative estimate of drug-likeness (QED) is 0.327. The van der Waals surface area contributed by atoms with Crippen molar-refractivity contribution in [3.8, 4) is 23.1 Å². The van der Waals surface area contributed by atoms with E-state index in [1.807, 2.05) is 36.4 Å². The van der Waals surface area contributed by atoms with Crippen molar-refractivity contribution >= 4 is 12.2 Å². The number of anilines is 1. The van der Waals surface area contributed by atoms with E-state index in [0.29, 0.717) is 5.56 Å². The summed E-state index contributed by atoms with van der Waals surface area (Å²) < 4.78 is 19.4. The van der Waals surface area contributed by atoms with Crippen molar-refractivity contribution in [3.05, 3.63) is 112 Å². The lowest BCUT2D eigenvalue weighted by molar-refractivity contribution is 0.290. The number of hydrogen-bond acceptors (Lipinski definition) is 6. The molecule has 0 spiro atoms. The van der Waals surface area contributed by atoms with Crippen LogP contribution in [0.4, 0.5) is 10.3 Å². The van der Waals surface area contributed by atoms with Gasteiger partial charge in [0.05, 0.1) is 11.9 Å². The van der Waals surface area contributed by atoms with Crippen molar-refractivity contribution in [2.24, 2.45) is 5.10 Å². The molecule has 0 aliphatic heterocycles. The second-order valence-corrected chi connectivity index (χ2v) is 6.90. The fourth-order valence-electron chi connectivity index (χ4n) is 3.11. The maximum atomic E-state index is 13.8. The van der Waals surface area contributed by atoms with Crippen molar-refractivity contribution in [3.63, 3.8) is 0 Å². The summed E-state index contributed by atoms with van der Waals surface area (Å²) in [5, 5.41) is 13.5. The minimum Gasteiger partial charge on any atom is -0.486 e. The monoisotopic (exact) mass is 439 g/mol. The van der Waals surface area contributed by atoms with Crippen LogP contribution in [0.1, 0.15) is 16.7 Å². The lowest BCUT2D eigenvalue weighted by Crippen LogP contribution is -2.16. The van der Waals surface area contributed by atoms with E-state index in [2.05, 4.69) is 20.5 Å². The number of benzene rings is 3. The molecule has 4 aromatic rings. The average Bonchev–Trinajstić information content (AvgIpc) is 2.84. The Hall–Kier alpha value is -4.77. The van der Waals surface area contributed by atoms with E-state index in [-0.39, 0.29) is 29.6 Å². The molecule has 162 valence electrons. The number of hydrogen-bond donors (Lipinski definition) is 2. The van der Waals surface area contributed by atoms with Crippen LogP contribution < -0.4 is 15.7 Å². The number of hydrazone groups is 1. The van der Waals surface area contributed by atoms with Crippen LogP contribution in [0.25, 0.3) is 11.3 Å². The number of nitrogens with zero attached hydrogens (tertiary/aromatic N) is 3. The molecule has 0 aliphatic rings. The molecule has 7 nitrogen and oxygen atoms in total. The third-order valence-electron chi connectivity index (χ3n) is 4.73. The van der Waals surface area contributed by atoms with Crippen LogP contribution in [0, 0.1) is 17.1 Å². The number of H-pyrrole nitrogens is 1. The number of aromatic amines is 1. The van der Waals surface area contributed by atoms with E-state index >= 15 is 0 Å². The minimum atomic E-state index is -0.567. The lowest BCUT2D eigenvalue weighted by Gasteiger charge is -2.09. The zero-order valence-electron chi connectivity index (χ0n) is 17.3. The van der Waals surface area contributed by atoms with Gasteiger partial charge in [-0.1, -0.05) is 66.7 Å². The summed E-state index contributed by atoms with van der Waals surface area (Å²) in [6, 6.07) is 24.4. The van der Waals surface area contributed by atoms with Crippen LogP contribution in [0.2, 0.25) is 0 Å². The predicted molar refractivity (Wildman–Crippen MR) is 123 cm³/mol. The van der Waals surface area contributed by atoms with E-state index in [4.69, 9.17) is 4.74 Å². The van der Waals surface area contributed by atoms with Crippen LogP contribution in [-0.4, -0.2) is 16.2 Å². The minimum absolute atomic E-state index is 0.0774. The largest absolute Gasteiger partial charge is 0.486 e. The van der Waals surface area contributed by atoms with Gasteiger partial charge in [-0.3, -0.25) is 9.78 Å². The molecule has 8 heteroatoms. The molecule has 33 heavy (non-hydrogen) atoms. The van der Waals surface area contributed by atoms with Crippen LogP contribution in [0.3, 0.4) is 0 Å². The van der Waals surface area contributed by atoms with E-state index in [9.17, 15) is 14.4 Å². The first-order valence-electron chi connectivity index (χ1n) is 10.00. The Balaban J connectivity index is 1.53. The van der Waals surface area contributed by atoms with Gasteiger partial charge in [-0.25, -0.2) is 14.8 Å². The maximum Gasteiger partial charge on any atom is 0.270 e. The molecule has 0 unspecified atom stereocenters. The molecule has 2 N–H and O–H groups in total. The standard InChI is InChI=1S/C25H18FN5O2/c26-21-12-6-7-13-22(21)33-16-19-11-5-4-10-18(19)15-28-31-25-29-23(17-8-2-1-3-9-17)20(14-27)24(32)30-25/h1-13,15H,16H2,(H2,29,30,31,32). The first kappa shape index (κ1) is 21.5. The number of halogens is 1. The Kier molecular flexibility index (Phi) is 6.52. The number of nitriles is 1. The fourth-order valence-corrected chi connectivity index (χ4v) is 3.11. The summed E-state index contributed by atoms with van der Waals surface area (Å²) in [6.07, 6.45) is 1.54. The molecule has 0 aliphatic carbocycles. The molecule has 1 heterocycles. The van der Waals surface area contributed by atoms with Gasteiger partial charge in [0.25, 0.3) is 5.56 Å². The summed E-state index contributed by atoms with van der Waals surface area (Å²) in [7, 11) is 0. The van der Waals surface area contributed by atoms with Crippen molar-refractivity contribution in [1.82, 2.24) is 9.97 Å². The van der Waals surface area contributed by atoms with Crippen LogP contribution >= 0.6 is 0 Å². The molecule has 0 bridgehead atoms. The summed E-state index contributed by atoms with van der Waals surface area (Å²) in [5.74, 6) is -0.181. The van der Waals surface area contributed by atoms with Gasteiger partial charge in [-0.15, -0.1) is 0 Å².